The van der Waals surface area contributed by atoms with Gasteiger partial charge in [0.2, 0.25) is 0 Å². The molecule has 1 heteroatoms. The SMILES string of the molecule is C=Cc1ccccc1C(C)[Si](C)(C)c1ccccc1. The van der Waals surface area contributed by atoms with E-state index in [1.165, 1.54) is 16.3 Å². The fourth-order valence-corrected chi connectivity index (χ4v) is 5.19. The molecule has 0 saturated heterocycles. The van der Waals surface area contributed by atoms with Crippen molar-refractivity contribution < 1.29 is 0 Å². The van der Waals surface area contributed by atoms with Crippen LogP contribution in [0.4, 0.5) is 0 Å². The van der Waals surface area contributed by atoms with Crippen LogP contribution in [0.15, 0.2) is 61.2 Å². The maximum absolute atomic E-state index is 3.94. The van der Waals surface area contributed by atoms with Gasteiger partial charge in [-0.15, -0.1) is 0 Å². The Kier molecular flexibility index (Phi) is 4.06. The van der Waals surface area contributed by atoms with Gasteiger partial charge in [0.05, 0.1) is 8.07 Å². The lowest BCUT2D eigenvalue weighted by molar-refractivity contribution is 1.02. The van der Waals surface area contributed by atoms with Gasteiger partial charge < -0.3 is 0 Å². The minimum atomic E-state index is -1.52. The van der Waals surface area contributed by atoms with Crippen molar-refractivity contribution in [2.45, 2.75) is 25.6 Å². The second-order valence-electron chi connectivity index (χ2n) is 5.64. The zero-order chi connectivity index (χ0) is 13.9. The zero-order valence-corrected chi connectivity index (χ0v) is 13.1. The van der Waals surface area contributed by atoms with Crippen molar-refractivity contribution in [3.05, 3.63) is 72.3 Å². The molecule has 2 aromatic rings. The van der Waals surface area contributed by atoms with Crippen LogP contribution in [0.2, 0.25) is 13.1 Å². The molecule has 0 fully saturated rings. The van der Waals surface area contributed by atoms with Gasteiger partial charge in [-0.25, -0.2) is 0 Å². The van der Waals surface area contributed by atoms with Crippen molar-refractivity contribution in [1.82, 2.24) is 0 Å². The van der Waals surface area contributed by atoms with Crippen LogP contribution in [0.5, 0.6) is 0 Å². The van der Waals surface area contributed by atoms with Gasteiger partial charge in [-0.1, -0.05) is 92.5 Å². The minimum absolute atomic E-state index is 0.573. The van der Waals surface area contributed by atoms with Crippen LogP contribution < -0.4 is 5.19 Å². The molecule has 0 heterocycles. The molecule has 2 rings (SSSR count). The van der Waals surface area contributed by atoms with Crippen molar-refractivity contribution in [3.63, 3.8) is 0 Å². The summed E-state index contributed by atoms with van der Waals surface area (Å²) in [4.78, 5) is 0. The summed E-state index contributed by atoms with van der Waals surface area (Å²) in [7, 11) is -1.52. The maximum atomic E-state index is 3.94. The molecule has 0 aliphatic carbocycles. The molecule has 0 radical (unpaired) electrons. The quantitative estimate of drug-likeness (QED) is 0.710. The highest BCUT2D eigenvalue weighted by Crippen LogP contribution is 2.29. The van der Waals surface area contributed by atoms with Crippen molar-refractivity contribution in [2.75, 3.05) is 0 Å². The Bertz CT molecular complexity index is 555. The predicted molar refractivity (Wildman–Crippen MR) is 88.5 cm³/mol. The summed E-state index contributed by atoms with van der Waals surface area (Å²) < 4.78 is 0. The van der Waals surface area contributed by atoms with E-state index in [0.717, 1.165) is 0 Å². The Morgan fingerprint density at radius 2 is 1.53 bits per heavy atom. The molecule has 0 aromatic heterocycles. The van der Waals surface area contributed by atoms with Gasteiger partial charge in [0, 0.05) is 0 Å². The normalized spacial score (nSPS) is 13.0. The van der Waals surface area contributed by atoms with Crippen LogP contribution in [0.3, 0.4) is 0 Å². The molecule has 98 valence electrons. The topological polar surface area (TPSA) is 0 Å². The Labute approximate surface area is 117 Å². The van der Waals surface area contributed by atoms with E-state index in [9.17, 15) is 0 Å². The van der Waals surface area contributed by atoms with Crippen molar-refractivity contribution in [2.24, 2.45) is 0 Å². The van der Waals surface area contributed by atoms with E-state index in [1.54, 1.807) is 0 Å². The zero-order valence-electron chi connectivity index (χ0n) is 12.1. The molecule has 1 atom stereocenters. The molecule has 1 unspecified atom stereocenters. The monoisotopic (exact) mass is 266 g/mol. The van der Waals surface area contributed by atoms with E-state index < -0.39 is 8.07 Å². The summed E-state index contributed by atoms with van der Waals surface area (Å²) in [6.07, 6.45) is 1.97. The van der Waals surface area contributed by atoms with Crippen LogP contribution in [0.25, 0.3) is 6.08 Å². The van der Waals surface area contributed by atoms with E-state index in [0.29, 0.717) is 5.54 Å². The Balaban J connectivity index is 2.43. The first-order valence-electron chi connectivity index (χ1n) is 6.84. The molecular formula is C18H22Si. The van der Waals surface area contributed by atoms with E-state index >= 15 is 0 Å². The lowest BCUT2D eigenvalue weighted by Gasteiger charge is -2.31. The molecule has 0 saturated carbocycles. The summed E-state index contributed by atoms with van der Waals surface area (Å²) in [6.45, 7) is 11.2. The standard InChI is InChI=1S/C18H22Si/c1-5-16-11-9-10-14-18(16)15(2)19(3,4)17-12-7-6-8-13-17/h5-15H,1H2,2-4H3. The van der Waals surface area contributed by atoms with Gasteiger partial charge in [0.25, 0.3) is 0 Å². The average molecular weight is 266 g/mol. The first-order chi connectivity index (χ1) is 9.07. The highest BCUT2D eigenvalue weighted by atomic mass is 28.3. The van der Waals surface area contributed by atoms with Gasteiger partial charge >= 0.3 is 0 Å². The van der Waals surface area contributed by atoms with Crippen LogP contribution in [0, 0.1) is 0 Å². The number of benzene rings is 2. The van der Waals surface area contributed by atoms with Crippen LogP contribution in [0.1, 0.15) is 23.6 Å². The van der Waals surface area contributed by atoms with Crippen LogP contribution >= 0.6 is 0 Å². The van der Waals surface area contributed by atoms with Gasteiger partial charge in [-0.05, 0) is 16.7 Å². The van der Waals surface area contributed by atoms with E-state index in [1.807, 2.05) is 6.08 Å². The largest absolute Gasteiger partial charge is 0.0985 e. The highest BCUT2D eigenvalue weighted by Gasteiger charge is 2.32. The molecule has 0 spiro atoms. The summed E-state index contributed by atoms with van der Waals surface area (Å²) in [5, 5.41) is 1.52. The highest BCUT2D eigenvalue weighted by molar-refractivity contribution is 6.90. The van der Waals surface area contributed by atoms with Gasteiger partial charge in [0.15, 0.2) is 0 Å². The molecule has 0 aliphatic rings. The summed E-state index contributed by atoms with van der Waals surface area (Å²) in [5.74, 6) is 0. The molecular weight excluding hydrogens is 244 g/mol. The Morgan fingerprint density at radius 1 is 0.947 bits per heavy atom. The van der Waals surface area contributed by atoms with E-state index in [4.69, 9.17) is 0 Å². The van der Waals surface area contributed by atoms with Gasteiger partial charge in [-0.3, -0.25) is 0 Å². The van der Waals surface area contributed by atoms with Crippen molar-refractivity contribution >= 4 is 19.3 Å². The first kappa shape index (κ1) is 13.8. The first-order valence-corrected chi connectivity index (χ1v) is 9.92. The summed E-state index contributed by atoms with van der Waals surface area (Å²) in [6, 6.07) is 19.6. The van der Waals surface area contributed by atoms with Crippen molar-refractivity contribution in [3.8, 4) is 0 Å². The smallest absolute Gasteiger partial charge is 0.0877 e. The van der Waals surface area contributed by atoms with Crippen LogP contribution in [-0.2, 0) is 0 Å². The molecule has 0 amide bonds. The van der Waals surface area contributed by atoms with Gasteiger partial charge in [0.1, 0.15) is 0 Å². The molecule has 2 aromatic carbocycles. The number of hydrogen-bond donors (Lipinski definition) is 0. The minimum Gasteiger partial charge on any atom is -0.0985 e. The second-order valence-corrected chi connectivity index (χ2v) is 10.5. The third-order valence-electron chi connectivity index (χ3n) is 4.28. The van der Waals surface area contributed by atoms with Gasteiger partial charge in [-0.2, -0.15) is 0 Å². The van der Waals surface area contributed by atoms with Crippen molar-refractivity contribution in [1.29, 1.82) is 0 Å². The molecule has 0 nitrogen and oxygen atoms in total. The third-order valence-corrected chi connectivity index (χ3v) is 8.58. The lowest BCUT2D eigenvalue weighted by Crippen LogP contribution is -2.46. The summed E-state index contributed by atoms with van der Waals surface area (Å²) >= 11 is 0. The van der Waals surface area contributed by atoms with Crippen LogP contribution in [-0.4, -0.2) is 8.07 Å². The van der Waals surface area contributed by atoms with E-state index in [-0.39, 0.29) is 0 Å². The third kappa shape index (κ3) is 2.71. The number of rotatable bonds is 4. The Hall–Kier alpha value is -1.60. The molecule has 19 heavy (non-hydrogen) atoms. The predicted octanol–water partition coefficient (Wildman–Crippen LogP) is 4.59. The summed E-state index contributed by atoms with van der Waals surface area (Å²) in [5.41, 5.74) is 3.27. The molecule has 0 aliphatic heterocycles. The molecule has 0 N–H and O–H groups in total. The average Bonchev–Trinajstić information content (AvgIpc) is 2.47. The Morgan fingerprint density at radius 3 is 2.16 bits per heavy atom. The fraction of sp³-hybridized carbons (Fsp3) is 0.222. The molecule has 0 bridgehead atoms. The number of hydrogen-bond acceptors (Lipinski definition) is 0. The van der Waals surface area contributed by atoms with E-state index in [2.05, 4.69) is 81.2 Å². The maximum Gasteiger partial charge on any atom is 0.0877 e. The second kappa shape index (κ2) is 5.58. The lowest BCUT2D eigenvalue weighted by atomic mass is 10.1. The fourth-order valence-electron chi connectivity index (χ4n) is 2.60.